The van der Waals surface area contributed by atoms with Gasteiger partial charge in [-0.3, -0.25) is 4.98 Å². The molecule has 19 heavy (non-hydrogen) atoms. The Morgan fingerprint density at radius 3 is 2.63 bits per heavy atom. The van der Waals surface area contributed by atoms with E-state index >= 15 is 0 Å². The minimum Gasteiger partial charge on any atom is -0.385 e. The Hall–Kier alpha value is -1.96. The summed E-state index contributed by atoms with van der Waals surface area (Å²) in [6, 6.07) is 2.01. The van der Waals surface area contributed by atoms with Crippen LogP contribution >= 0.6 is 0 Å². The molecular weight excluding hydrogens is 263 g/mol. The summed E-state index contributed by atoms with van der Waals surface area (Å²) >= 11 is 0. The molecule has 0 aliphatic carbocycles. The lowest BCUT2D eigenvalue weighted by Crippen LogP contribution is -2.05. The van der Waals surface area contributed by atoms with Gasteiger partial charge in [-0.1, -0.05) is 12.1 Å². The Balaban J connectivity index is 2.25. The second kappa shape index (κ2) is 4.96. The van der Waals surface area contributed by atoms with E-state index in [4.69, 9.17) is 4.52 Å². The maximum Gasteiger partial charge on any atom is 0.417 e. The van der Waals surface area contributed by atoms with E-state index in [1.807, 2.05) is 0 Å². The van der Waals surface area contributed by atoms with Crippen LogP contribution in [0.3, 0.4) is 0 Å². The number of pyridine rings is 1. The Bertz CT molecular complexity index is 551. The number of hydrogen-bond acceptors (Lipinski definition) is 5. The lowest BCUT2D eigenvalue weighted by Gasteiger charge is -2.05. The quantitative estimate of drug-likeness (QED) is 0.930. The highest BCUT2D eigenvalue weighted by atomic mass is 19.4. The van der Waals surface area contributed by atoms with Crippen molar-refractivity contribution in [3.63, 3.8) is 0 Å². The second-order valence-electron chi connectivity index (χ2n) is 3.81. The molecule has 2 aromatic heterocycles. The topological polar surface area (TPSA) is 72.0 Å². The molecule has 0 aliphatic rings. The molecule has 1 atom stereocenters. The van der Waals surface area contributed by atoms with Crippen molar-refractivity contribution in [2.75, 3.05) is 0 Å². The van der Waals surface area contributed by atoms with Crippen molar-refractivity contribution in [3.8, 4) is 11.6 Å². The summed E-state index contributed by atoms with van der Waals surface area (Å²) in [5.41, 5.74) is -0.736. The average Bonchev–Trinajstić information content (AvgIpc) is 2.86. The molecule has 0 fully saturated rings. The molecule has 5 nitrogen and oxygen atoms in total. The number of alkyl halides is 3. The van der Waals surface area contributed by atoms with Crippen molar-refractivity contribution in [2.45, 2.75) is 25.6 Å². The highest BCUT2D eigenvalue weighted by molar-refractivity contribution is 5.46. The van der Waals surface area contributed by atoms with Crippen LogP contribution in [-0.4, -0.2) is 20.2 Å². The molecule has 2 rings (SSSR count). The van der Waals surface area contributed by atoms with Crippen LogP contribution in [0.2, 0.25) is 0 Å². The zero-order chi connectivity index (χ0) is 14.0. The first kappa shape index (κ1) is 13.5. The Kier molecular flexibility index (Phi) is 3.52. The van der Waals surface area contributed by atoms with E-state index in [9.17, 15) is 18.3 Å². The van der Waals surface area contributed by atoms with Crippen LogP contribution in [-0.2, 0) is 6.18 Å². The average molecular weight is 273 g/mol. The fourth-order valence-corrected chi connectivity index (χ4v) is 1.34. The van der Waals surface area contributed by atoms with Gasteiger partial charge in [0, 0.05) is 6.20 Å². The van der Waals surface area contributed by atoms with Gasteiger partial charge >= 0.3 is 6.18 Å². The lowest BCUT2D eigenvalue weighted by molar-refractivity contribution is -0.137. The summed E-state index contributed by atoms with van der Waals surface area (Å²) in [5, 5.41) is 13.0. The molecular formula is C11H10F3N3O2. The molecule has 1 N–H and O–H groups in total. The zero-order valence-electron chi connectivity index (χ0n) is 9.85. The fraction of sp³-hybridized carbons (Fsp3) is 0.364. The third kappa shape index (κ3) is 2.90. The zero-order valence-corrected chi connectivity index (χ0v) is 9.85. The Labute approximate surface area is 106 Å². The first-order valence-corrected chi connectivity index (χ1v) is 5.47. The first-order chi connectivity index (χ1) is 8.91. The third-order valence-corrected chi connectivity index (χ3v) is 2.44. The van der Waals surface area contributed by atoms with Gasteiger partial charge in [-0.15, -0.1) is 0 Å². The van der Waals surface area contributed by atoms with Crippen LogP contribution in [0.5, 0.6) is 0 Å². The van der Waals surface area contributed by atoms with Crippen molar-refractivity contribution >= 4 is 0 Å². The molecule has 0 spiro atoms. The van der Waals surface area contributed by atoms with Crippen molar-refractivity contribution in [3.05, 3.63) is 29.7 Å². The highest BCUT2D eigenvalue weighted by Crippen LogP contribution is 2.29. The molecule has 0 amide bonds. The van der Waals surface area contributed by atoms with E-state index < -0.39 is 17.8 Å². The van der Waals surface area contributed by atoms with E-state index in [1.165, 1.54) is 0 Å². The summed E-state index contributed by atoms with van der Waals surface area (Å²) in [6.07, 6.45) is -4.22. The molecule has 102 valence electrons. The van der Waals surface area contributed by atoms with Gasteiger partial charge < -0.3 is 9.63 Å². The van der Waals surface area contributed by atoms with Gasteiger partial charge in [0.2, 0.25) is 5.82 Å². The van der Waals surface area contributed by atoms with Crippen molar-refractivity contribution in [2.24, 2.45) is 0 Å². The molecule has 0 saturated heterocycles. The fourth-order valence-electron chi connectivity index (χ4n) is 1.34. The number of halogens is 3. The van der Waals surface area contributed by atoms with Crippen molar-refractivity contribution in [1.82, 2.24) is 15.1 Å². The summed E-state index contributed by atoms with van der Waals surface area (Å²) in [7, 11) is 0. The van der Waals surface area contributed by atoms with Crippen LogP contribution in [0.1, 0.15) is 30.8 Å². The number of hydrogen-bond donors (Lipinski definition) is 1. The molecule has 0 aromatic carbocycles. The van der Waals surface area contributed by atoms with Gasteiger partial charge in [0.25, 0.3) is 5.89 Å². The van der Waals surface area contributed by atoms with Crippen LogP contribution in [0.4, 0.5) is 13.2 Å². The third-order valence-electron chi connectivity index (χ3n) is 2.44. The Morgan fingerprint density at radius 2 is 2.11 bits per heavy atom. The molecule has 0 aliphatic heterocycles. The smallest absolute Gasteiger partial charge is 0.385 e. The normalized spacial score (nSPS) is 13.5. The van der Waals surface area contributed by atoms with E-state index in [0.29, 0.717) is 12.6 Å². The minimum absolute atomic E-state index is 0.0313. The molecule has 2 heterocycles. The molecule has 0 saturated carbocycles. The van der Waals surface area contributed by atoms with Crippen molar-refractivity contribution in [1.29, 1.82) is 0 Å². The second-order valence-corrected chi connectivity index (χ2v) is 3.81. The van der Waals surface area contributed by atoms with Gasteiger partial charge in [0.05, 0.1) is 5.56 Å². The number of nitrogens with zero attached hydrogens (tertiary/aromatic N) is 3. The Morgan fingerprint density at radius 1 is 1.37 bits per heavy atom. The minimum atomic E-state index is -4.44. The number of aliphatic hydroxyl groups excluding tert-OH is 1. The van der Waals surface area contributed by atoms with E-state index in [0.717, 1.165) is 12.1 Å². The van der Waals surface area contributed by atoms with Crippen LogP contribution < -0.4 is 0 Å². The van der Waals surface area contributed by atoms with E-state index in [2.05, 4.69) is 15.1 Å². The van der Waals surface area contributed by atoms with Gasteiger partial charge in [0.1, 0.15) is 11.8 Å². The summed E-state index contributed by atoms with van der Waals surface area (Å²) in [4.78, 5) is 7.49. The SMILES string of the molecule is CCC(O)c1noc(-c2ccc(C(F)(F)F)cn2)n1. The molecule has 8 heteroatoms. The van der Waals surface area contributed by atoms with E-state index in [1.54, 1.807) is 6.92 Å². The standard InChI is InChI=1S/C11H10F3N3O2/c1-2-8(18)9-16-10(19-17-9)7-4-3-6(5-15-7)11(12,13)14/h3-5,8,18H,2H2,1H3. The van der Waals surface area contributed by atoms with Crippen molar-refractivity contribution < 1.29 is 22.8 Å². The van der Waals surface area contributed by atoms with Gasteiger partial charge in [-0.2, -0.15) is 18.2 Å². The van der Waals surface area contributed by atoms with Gasteiger partial charge in [0.15, 0.2) is 0 Å². The monoisotopic (exact) mass is 273 g/mol. The highest BCUT2D eigenvalue weighted by Gasteiger charge is 2.31. The maximum absolute atomic E-state index is 12.4. The summed E-state index contributed by atoms with van der Waals surface area (Å²) < 4.78 is 41.9. The molecule has 0 radical (unpaired) electrons. The van der Waals surface area contributed by atoms with Gasteiger partial charge in [-0.05, 0) is 18.6 Å². The largest absolute Gasteiger partial charge is 0.417 e. The van der Waals surface area contributed by atoms with Gasteiger partial charge in [-0.25, -0.2) is 0 Å². The summed E-state index contributed by atoms with van der Waals surface area (Å²) in [6.45, 7) is 1.73. The number of rotatable bonds is 3. The number of aromatic nitrogens is 3. The van der Waals surface area contributed by atoms with E-state index in [-0.39, 0.29) is 17.4 Å². The predicted octanol–water partition coefficient (Wildman–Crippen LogP) is 2.59. The predicted molar refractivity (Wildman–Crippen MR) is 57.8 cm³/mol. The van der Waals surface area contributed by atoms with Crippen LogP contribution in [0.15, 0.2) is 22.9 Å². The molecule has 1 unspecified atom stereocenters. The maximum atomic E-state index is 12.4. The lowest BCUT2D eigenvalue weighted by atomic mass is 10.2. The van der Waals surface area contributed by atoms with Crippen LogP contribution in [0, 0.1) is 0 Å². The number of aliphatic hydroxyl groups is 1. The molecule has 2 aromatic rings. The summed E-state index contributed by atoms with van der Waals surface area (Å²) in [5.74, 6) is 0.0513. The van der Waals surface area contributed by atoms with Crippen LogP contribution in [0.25, 0.3) is 11.6 Å². The molecule has 0 bridgehead atoms. The first-order valence-electron chi connectivity index (χ1n) is 5.47.